The van der Waals surface area contributed by atoms with Crippen molar-refractivity contribution in [1.82, 2.24) is 9.97 Å². The fourth-order valence-electron chi connectivity index (χ4n) is 1.10. The van der Waals surface area contributed by atoms with Crippen LogP contribution in [-0.4, -0.2) is 23.3 Å². The van der Waals surface area contributed by atoms with E-state index in [0.29, 0.717) is 17.5 Å². The molecule has 1 N–H and O–H groups in total. The predicted molar refractivity (Wildman–Crippen MR) is 46.7 cm³/mol. The molecule has 2 aromatic heterocycles. The third kappa shape index (κ3) is 1.14. The maximum Gasteiger partial charge on any atom is 0.262 e. The average molecular weight is 177 g/mol. The topological polar surface area (TPSA) is 68.0 Å². The number of hydrogen-bond acceptors (Lipinski definition) is 5. The van der Waals surface area contributed by atoms with Crippen molar-refractivity contribution < 1.29 is 9.21 Å². The number of carbonyl (C=O) groups excluding carboxylic acids is 1. The Morgan fingerprint density at radius 2 is 2.46 bits per heavy atom. The molecule has 66 valence electrons. The van der Waals surface area contributed by atoms with Crippen molar-refractivity contribution >= 4 is 23.2 Å². The number of nitrogens with one attached hydrogen (secondary N) is 1. The molecule has 0 saturated heterocycles. The van der Waals surface area contributed by atoms with Crippen molar-refractivity contribution in [2.75, 3.05) is 12.4 Å². The Morgan fingerprint density at radius 3 is 3.15 bits per heavy atom. The number of nitrogens with zero attached hydrogens (tertiary/aromatic N) is 2. The molecule has 0 atom stereocenters. The molecule has 0 bridgehead atoms. The van der Waals surface area contributed by atoms with Crippen LogP contribution in [0.2, 0.25) is 0 Å². The molecule has 0 fully saturated rings. The molecular formula is C8H7N3O2. The van der Waals surface area contributed by atoms with Crippen molar-refractivity contribution in [1.29, 1.82) is 0 Å². The molecule has 0 saturated carbocycles. The fraction of sp³-hybridized carbons (Fsp3) is 0.125. The van der Waals surface area contributed by atoms with Crippen LogP contribution in [0.1, 0.15) is 10.7 Å². The van der Waals surface area contributed by atoms with Gasteiger partial charge in [-0.3, -0.25) is 4.79 Å². The van der Waals surface area contributed by atoms with Crippen molar-refractivity contribution in [3.8, 4) is 0 Å². The molecule has 5 nitrogen and oxygen atoms in total. The van der Waals surface area contributed by atoms with E-state index in [4.69, 9.17) is 4.42 Å². The Bertz CT molecular complexity index is 450. The maximum absolute atomic E-state index is 10.4. The van der Waals surface area contributed by atoms with Gasteiger partial charge in [0, 0.05) is 13.2 Å². The number of carbonyl (C=O) groups is 1. The molecule has 0 aliphatic rings. The van der Waals surface area contributed by atoms with E-state index in [0.717, 1.165) is 5.69 Å². The minimum atomic E-state index is 0.0465. The summed E-state index contributed by atoms with van der Waals surface area (Å²) in [6, 6.07) is 1.75. The Hall–Kier alpha value is -1.91. The van der Waals surface area contributed by atoms with Crippen LogP contribution in [0.4, 0.5) is 5.69 Å². The van der Waals surface area contributed by atoms with E-state index in [1.807, 2.05) is 0 Å². The van der Waals surface area contributed by atoms with Crippen molar-refractivity contribution in [2.24, 2.45) is 0 Å². The minimum Gasteiger partial charge on any atom is -0.430 e. The standard InChI is InChI=1S/C8H7N3O2/c1-9-5-2-3-10-8-7(5)13-6(4-12)11-8/h2-4H,1H3,(H,9,10). The number of hydrogen-bond donors (Lipinski definition) is 1. The van der Waals surface area contributed by atoms with E-state index in [1.165, 1.54) is 0 Å². The summed E-state index contributed by atoms with van der Waals surface area (Å²) in [5, 5.41) is 2.92. The second kappa shape index (κ2) is 2.85. The molecule has 0 unspecified atom stereocenters. The van der Waals surface area contributed by atoms with Crippen LogP contribution in [0.15, 0.2) is 16.7 Å². The van der Waals surface area contributed by atoms with Crippen molar-refractivity contribution in [2.45, 2.75) is 0 Å². The van der Waals surface area contributed by atoms with Gasteiger partial charge in [-0.25, -0.2) is 4.98 Å². The van der Waals surface area contributed by atoms with Gasteiger partial charge in [0.25, 0.3) is 5.89 Å². The molecule has 13 heavy (non-hydrogen) atoms. The van der Waals surface area contributed by atoms with E-state index in [-0.39, 0.29) is 5.89 Å². The first-order chi connectivity index (χ1) is 6.35. The Labute approximate surface area is 73.8 Å². The number of fused-ring (bicyclic) bond motifs is 1. The van der Waals surface area contributed by atoms with Gasteiger partial charge in [-0.05, 0) is 6.07 Å². The van der Waals surface area contributed by atoms with Crippen LogP contribution in [0, 0.1) is 0 Å². The zero-order valence-electron chi connectivity index (χ0n) is 6.94. The number of oxazole rings is 1. The average Bonchev–Trinajstić information content (AvgIpc) is 2.59. The molecule has 0 aliphatic carbocycles. The van der Waals surface area contributed by atoms with Gasteiger partial charge in [-0.2, -0.15) is 4.98 Å². The lowest BCUT2D eigenvalue weighted by Gasteiger charge is -1.96. The molecular weight excluding hydrogens is 170 g/mol. The third-order valence-corrected chi connectivity index (χ3v) is 1.68. The SMILES string of the molecule is CNc1ccnc2nc(C=O)oc12. The number of anilines is 1. The highest BCUT2D eigenvalue weighted by Gasteiger charge is 2.08. The van der Waals surface area contributed by atoms with Crippen LogP contribution < -0.4 is 5.32 Å². The largest absolute Gasteiger partial charge is 0.430 e. The van der Waals surface area contributed by atoms with Gasteiger partial charge in [-0.15, -0.1) is 0 Å². The van der Waals surface area contributed by atoms with Gasteiger partial charge in [0.05, 0.1) is 5.69 Å². The molecule has 0 amide bonds. The van der Waals surface area contributed by atoms with Crippen LogP contribution in [0.25, 0.3) is 11.2 Å². The molecule has 0 aromatic carbocycles. The summed E-state index contributed by atoms with van der Waals surface area (Å²) in [6.45, 7) is 0. The first kappa shape index (κ1) is 7.72. The zero-order chi connectivity index (χ0) is 9.26. The highest BCUT2D eigenvalue weighted by Crippen LogP contribution is 2.20. The second-order valence-electron chi connectivity index (χ2n) is 2.43. The highest BCUT2D eigenvalue weighted by atomic mass is 16.4. The van der Waals surface area contributed by atoms with Gasteiger partial charge in [-0.1, -0.05) is 0 Å². The molecule has 2 aromatic rings. The molecule has 0 spiro atoms. The van der Waals surface area contributed by atoms with E-state index >= 15 is 0 Å². The summed E-state index contributed by atoms with van der Waals surface area (Å²) in [6.07, 6.45) is 2.16. The van der Waals surface area contributed by atoms with Gasteiger partial charge in [0.1, 0.15) is 0 Å². The lowest BCUT2D eigenvalue weighted by Crippen LogP contribution is -1.88. The summed E-state index contributed by atoms with van der Waals surface area (Å²) >= 11 is 0. The van der Waals surface area contributed by atoms with Crippen molar-refractivity contribution in [3.63, 3.8) is 0 Å². The highest BCUT2D eigenvalue weighted by molar-refractivity contribution is 5.85. The smallest absolute Gasteiger partial charge is 0.262 e. The predicted octanol–water partition coefficient (Wildman–Crippen LogP) is 1.08. The monoisotopic (exact) mass is 177 g/mol. The Morgan fingerprint density at radius 1 is 1.62 bits per heavy atom. The lowest BCUT2D eigenvalue weighted by molar-refractivity contribution is 0.109. The number of aldehydes is 1. The summed E-state index contributed by atoms with van der Waals surface area (Å²) in [7, 11) is 1.76. The van der Waals surface area contributed by atoms with Crippen LogP contribution >= 0.6 is 0 Å². The molecule has 0 aliphatic heterocycles. The third-order valence-electron chi connectivity index (χ3n) is 1.68. The molecule has 5 heteroatoms. The number of rotatable bonds is 2. The van der Waals surface area contributed by atoms with Crippen LogP contribution in [0.5, 0.6) is 0 Å². The van der Waals surface area contributed by atoms with Gasteiger partial charge >= 0.3 is 0 Å². The Balaban J connectivity index is 2.74. The normalized spacial score (nSPS) is 10.2. The Kier molecular flexibility index (Phi) is 1.70. The maximum atomic E-state index is 10.4. The van der Waals surface area contributed by atoms with Gasteiger partial charge in [0.15, 0.2) is 5.58 Å². The van der Waals surface area contributed by atoms with E-state index < -0.39 is 0 Å². The fourth-order valence-corrected chi connectivity index (χ4v) is 1.10. The molecule has 2 heterocycles. The molecule has 2 rings (SSSR count). The number of aromatic nitrogens is 2. The summed E-state index contributed by atoms with van der Waals surface area (Å²) in [5.74, 6) is 0.0465. The lowest BCUT2D eigenvalue weighted by atomic mass is 10.4. The van der Waals surface area contributed by atoms with E-state index in [2.05, 4.69) is 15.3 Å². The van der Waals surface area contributed by atoms with Gasteiger partial charge < -0.3 is 9.73 Å². The summed E-state index contributed by atoms with van der Waals surface area (Å²) in [4.78, 5) is 18.2. The molecule has 0 radical (unpaired) electrons. The first-order valence-electron chi connectivity index (χ1n) is 3.73. The number of pyridine rings is 1. The van der Waals surface area contributed by atoms with Crippen molar-refractivity contribution in [3.05, 3.63) is 18.2 Å². The minimum absolute atomic E-state index is 0.0465. The summed E-state index contributed by atoms with van der Waals surface area (Å²) < 4.78 is 5.14. The summed E-state index contributed by atoms with van der Waals surface area (Å²) in [5.41, 5.74) is 1.71. The van der Waals surface area contributed by atoms with Crippen LogP contribution in [-0.2, 0) is 0 Å². The quantitative estimate of drug-likeness (QED) is 0.695. The van der Waals surface area contributed by atoms with E-state index in [1.54, 1.807) is 19.3 Å². The first-order valence-corrected chi connectivity index (χ1v) is 3.73. The zero-order valence-corrected chi connectivity index (χ0v) is 6.94. The second-order valence-corrected chi connectivity index (χ2v) is 2.43. The van der Waals surface area contributed by atoms with Gasteiger partial charge in [0.2, 0.25) is 11.9 Å². The van der Waals surface area contributed by atoms with E-state index in [9.17, 15) is 4.79 Å². The van der Waals surface area contributed by atoms with Crippen LogP contribution in [0.3, 0.4) is 0 Å².